The number of thioether (sulfide) groups is 1. The van der Waals surface area contributed by atoms with E-state index in [1.165, 1.54) is 0 Å². The highest BCUT2D eigenvalue weighted by Crippen LogP contribution is 2.20. The summed E-state index contributed by atoms with van der Waals surface area (Å²) >= 11 is 1.75. The molecule has 0 spiro atoms. The van der Waals surface area contributed by atoms with E-state index >= 15 is 0 Å². The van der Waals surface area contributed by atoms with Gasteiger partial charge >= 0.3 is 0 Å². The lowest BCUT2D eigenvalue weighted by molar-refractivity contribution is 0.0934. The molecular weight excluding hydrogens is 370 g/mol. The molecule has 0 fully saturated rings. The van der Waals surface area contributed by atoms with Gasteiger partial charge < -0.3 is 10.3 Å². The average Bonchev–Trinajstić information content (AvgIpc) is 3.39. The number of para-hydroxylation sites is 3. The van der Waals surface area contributed by atoms with Crippen LogP contribution in [-0.4, -0.2) is 37.7 Å². The summed E-state index contributed by atoms with van der Waals surface area (Å²) in [6, 6.07) is 17.4. The maximum absolute atomic E-state index is 12.8. The third kappa shape index (κ3) is 3.94. The number of aromatic nitrogens is 4. The van der Waals surface area contributed by atoms with Gasteiger partial charge in [-0.05, 0) is 42.7 Å². The van der Waals surface area contributed by atoms with Crippen molar-refractivity contribution in [1.29, 1.82) is 0 Å². The molecule has 0 bridgehead atoms. The number of carbonyl (C=O) groups is 1. The van der Waals surface area contributed by atoms with E-state index in [0.29, 0.717) is 5.56 Å². The molecular formula is C21H21N5OS. The third-order valence-corrected chi connectivity index (χ3v) is 5.16. The Balaban J connectivity index is 1.55. The number of hydrogen-bond acceptors (Lipinski definition) is 4. The van der Waals surface area contributed by atoms with E-state index in [1.54, 1.807) is 28.8 Å². The molecule has 142 valence electrons. The molecule has 2 aromatic heterocycles. The van der Waals surface area contributed by atoms with E-state index < -0.39 is 0 Å². The van der Waals surface area contributed by atoms with Crippen LogP contribution in [0.1, 0.15) is 28.6 Å². The summed E-state index contributed by atoms with van der Waals surface area (Å²) in [6.07, 6.45) is 6.18. The van der Waals surface area contributed by atoms with Crippen LogP contribution in [-0.2, 0) is 0 Å². The molecule has 6 nitrogen and oxygen atoms in total. The summed E-state index contributed by atoms with van der Waals surface area (Å²) in [5, 5.41) is 7.42. The van der Waals surface area contributed by atoms with E-state index in [4.69, 9.17) is 0 Å². The Morgan fingerprint density at radius 2 is 1.96 bits per heavy atom. The van der Waals surface area contributed by atoms with Crippen LogP contribution in [0.25, 0.3) is 16.7 Å². The molecule has 0 unspecified atom stereocenters. The van der Waals surface area contributed by atoms with Crippen molar-refractivity contribution in [2.45, 2.75) is 12.5 Å². The number of benzene rings is 2. The standard InChI is InChI=1S/C21H21N5OS/c1-28-12-11-19(20-23-17-9-5-6-10-18(17)24-20)25-21(27)15-13-22-26(14-15)16-7-3-2-4-8-16/h2-10,13-14,19H,11-12H2,1H3,(H,23,24)(H,25,27)/t19-/m0/s1. The fraction of sp³-hybridized carbons (Fsp3) is 0.190. The third-order valence-electron chi connectivity index (χ3n) is 4.52. The van der Waals surface area contributed by atoms with Gasteiger partial charge in [-0.3, -0.25) is 4.79 Å². The van der Waals surface area contributed by atoms with Gasteiger partial charge in [0.2, 0.25) is 0 Å². The van der Waals surface area contributed by atoms with Gasteiger partial charge in [-0.2, -0.15) is 16.9 Å². The normalized spacial score (nSPS) is 12.2. The fourth-order valence-electron chi connectivity index (χ4n) is 3.05. The van der Waals surface area contributed by atoms with Gasteiger partial charge in [0.05, 0.1) is 34.5 Å². The largest absolute Gasteiger partial charge is 0.342 e. The average molecular weight is 392 g/mol. The Hall–Kier alpha value is -3.06. The molecule has 2 heterocycles. The molecule has 0 aliphatic carbocycles. The van der Waals surface area contributed by atoms with E-state index in [0.717, 1.165) is 34.7 Å². The first-order valence-corrected chi connectivity index (χ1v) is 10.5. The number of imidazole rings is 1. The molecule has 1 atom stereocenters. The minimum Gasteiger partial charge on any atom is -0.342 e. The second kappa shape index (κ2) is 8.31. The Labute approximate surface area is 167 Å². The first-order chi connectivity index (χ1) is 13.7. The lowest BCUT2D eigenvalue weighted by Gasteiger charge is -2.15. The summed E-state index contributed by atoms with van der Waals surface area (Å²) in [5.41, 5.74) is 3.31. The fourth-order valence-corrected chi connectivity index (χ4v) is 3.53. The maximum atomic E-state index is 12.8. The maximum Gasteiger partial charge on any atom is 0.255 e. The van der Waals surface area contributed by atoms with Gasteiger partial charge in [0, 0.05) is 6.20 Å². The van der Waals surface area contributed by atoms with Crippen molar-refractivity contribution in [3.8, 4) is 5.69 Å². The zero-order valence-electron chi connectivity index (χ0n) is 15.5. The zero-order valence-corrected chi connectivity index (χ0v) is 16.3. The summed E-state index contributed by atoms with van der Waals surface area (Å²) < 4.78 is 1.70. The number of nitrogens with one attached hydrogen (secondary N) is 2. The Morgan fingerprint density at radius 1 is 1.18 bits per heavy atom. The van der Waals surface area contributed by atoms with Crippen LogP contribution < -0.4 is 5.32 Å². The van der Waals surface area contributed by atoms with Crippen molar-refractivity contribution in [1.82, 2.24) is 25.1 Å². The molecule has 0 aliphatic rings. The topological polar surface area (TPSA) is 75.6 Å². The van der Waals surface area contributed by atoms with Crippen LogP contribution in [0.15, 0.2) is 67.0 Å². The van der Waals surface area contributed by atoms with Crippen LogP contribution in [0.4, 0.5) is 0 Å². The molecule has 4 rings (SSSR count). The summed E-state index contributed by atoms with van der Waals surface area (Å²) in [5.74, 6) is 1.54. The van der Waals surface area contributed by atoms with Gasteiger partial charge in [-0.25, -0.2) is 9.67 Å². The molecule has 0 aliphatic heterocycles. The number of nitrogens with zero attached hydrogens (tertiary/aromatic N) is 3. The molecule has 2 aromatic carbocycles. The van der Waals surface area contributed by atoms with Crippen molar-refractivity contribution in [2.75, 3.05) is 12.0 Å². The van der Waals surface area contributed by atoms with Crippen LogP contribution in [0.5, 0.6) is 0 Å². The smallest absolute Gasteiger partial charge is 0.255 e. The van der Waals surface area contributed by atoms with Gasteiger partial charge in [0.25, 0.3) is 5.91 Å². The summed E-state index contributed by atoms with van der Waals surface area (Å²) in [6.45, 7) is 0. The van der Waals surface area contributed by atoms with Crippen molar-refractivity contribution >= 4 is 28.7 Å². The number of aromatic amines is 1. The molecule has 0 saturated carbocycles. The first-order valence-electron chi connectivity index (χ1n) is 9.09. The van der Waals surface area contributed by atoms with Crippen LogP contribution >= 0.6 is 11.8 Å². The van der Waals surface area contributed by atoms with Crippen molar-refractivity contribution in [2.24, 2.45) is 0 Å². The van der Waals surface area contributed by atoms with Crippen molar-refractivity contribution < 1.29 is 4.79 Å². The molecule has 0 saturated heterocycles. The lowest BCUT2D eigenvalue weighted by atomic mass is 10.2. The van der Waals surface area contributed by atoms with Gasteiger partial charge in [-0.1, -0.05) is 30.3 Å². The van der Waals surface area contributed by atoms with E-state index in [1.807, 2.05) is 54.6 Å². The van der Waals surface area contributed by atoms with Crippen LogP contribution in [0.2, 0.25) is 0 Å². The molecule has 1 amide bonds. The van der Waals surface area contributed by atoms with Crippen molar-refractivity contribution in [3.63, 3.8) is 0 Å². The van der Waals surface area contributed by atoms with Gasteiger partial charge in [0.15, 0.2) is 0 Å². The second-order valence-electron chi connectivity index (χ2n) is 6.46. The monoisotopic (exact) mass is 391 g/mol. The quantitative estimate of drug-likeness (QED) is 0.500. The molecule has 2 N–H and O–H groups in total. The highest BCUT2D eigenvalue weighted by Gasteiger charge is 2.20. The van der Waals surface area contributed by atoms with Gasteiger partial charge in [-0.15, -0.1) is 0 Å². The zero-order chi connectivity index (χ0) is 19.3. The van der Waals surface area contributed by atoms with E-state index in [2.05, 4.69) is 26.6 Å². The summed E-state index contributed by atoms with van der Waals surface area (Å²) in [7, 11) is 0. The molecule has 4 aromatic rings. The SMILES string of the molecule is CSCC[C@H](NC(=O)c1cnn(-c2ccccc2)c1)c1nc2ccccc2[nH]1. The number of hydrogen-bond donors (Lipinski definition) is 2. The second-order valence-corrected chi connectivity index (χ2v) is 7.44. The number of H-pyrrole nitrogens is 1. The Bertz CT molecular complexity index is 1040. The minimum atomic E-state index is -0.188. The van der Waals surface area contributed by atoms with E-state index in [9.17, 15) is 4.79 Å². The van der Waals surface area contributed by atoms with E-state index in [-0.39, 0.29) is 11.9 Å². The Morgan fingerprint density at radius 3 is 2.75 bits per heavy atom. The van der Waals surface area contributed by atoms with Gasteiger partial charge in [0.1, 0.15) is 5.82 Å². The highest BCUT2D eigenvalue weighted by molar-refractivity contribution is 7.98. The summed E-state index contributed by atoms with van der Waals surface area (Å²) in [4.78, 5) is 20.8. The first kappa shape index (κ1) is 18.3. The molecule has 0 radical (unpaired) electrons. The van der Waals surface area contributed by atoms with Crippen molar-refractivity contribution in [3.05, 3.63) is 78.4 Å². The van der Waals surface area contributed by atoms with Crippen LogP contribution in [0.3, 0.4) is 0 Å². The number of fused-ring (bicyclic) bond motifs is 1. The number of rotatable bonds is 7. The number of carbonyl (C=O) groups excluding carboxylic acids is 1. The predicted molar refractivity (Wildman–Crippen MR) is 113 cm³/mol. The predicted octanol–water partition coefficient (Wildman–Crippen LogP) is 3.97. The highest BCUT2D eigenvalue weighted by atomic mass is 32.2. The number of amides is 1. The van der Waals surface area contributed by atoms with Crippen LogP contribution in [0, 0.1) is 0 Å². The lowest BCUT2D eigenvalue weighted by Crippen LogP contribution is -2.29. The minimum absolute atomic E-state index is 0.159. The molecule has 7 heteroatoms. The molecule has 28 heavy (non-hydrogen) atoms. The Kier molecular flexibility index (Phi) is 5.43.